The third-order valence-corrected chi connectivity index (χ3v) is 2.16. The van der Waals surface area contributed by atoms with E-state index in [0.717, 1.165) is 5.69 Å². The van der Waals surface area contributed by atoms with Crippen molar-refractivity contribution >= 4 is 0 Å². The van der Waals surface area contributed by atoms with Crippen molar-refractivity contribution < 1.29 is 9.47 Å². The van der Waals surface area contributed by atoms with Crippen LogP contribution in [0.1, 0.15) is 0 Å². The lowest BCUT2D eigenvalue weighted by Crippen LogP contribution is -1.94. The molecule has 0 saturated heterocycles. The van der Waals surface area contributed by atoms with Crippen molar-refractivity contribution in [3.8, 4) is 17.2 Å². The van der Waals surface area contributed by atoms with Gasteiger partial charge in [0.15, 0.2) is 11.5 Å². The van der Waals surface area contributed by atoms with Gasteiger partial charge in [-0.15, -0.1) is 0 Å². The van der Waals surface area contributed by atoms with Crippen molar-refractivity contribution in [2.75, 3.05) is 14.2 Å². The average Bonchev–Trinajstić information content (AvgIpc) is 2.81. The Bertz CT molecular complexity index is 435. The molecule has 0 unspecified atom stereocenters. The first-order valence-corrected chi connectivity index (χ1v) is 4.63. The van der Waals surface area contributed by atoms with E-state index >= 15 is 0 Å². The molecule has 0 bridgehead atoms. The number of methoxy groups -OCH3 is 2. The predicted molar refractivity (Wildman–Crippen MR) is 57.7 cm³/mol. The molecule has 3 nitrogen and oxygen atoms in total. The van der Waals surface area contributed by atoms with Crippen LogP contribution in [0.15, 0.2) is 36.7 Å². The highest BCUT2D eigenvalue weighted by molar-refractivity contribution is 5.47. The second kappa shape index (κ2) is 4.09. The Kier molecular flexibility index (Phi) is 2.63. The molecule has 77 valence electrons. The Morgan fingerprint density at radius 3 is 2.40 bits per heavy atom. The minimum atomic E-state index is 0.615. The molecular formula is C12H12NO2. The van der Waals surface area contributed by atoms with Gasteiger partial charge in [-0.2, -0.15) is 0 Å². The second-order valence-corrected chi connectivity index (χ2v) is 3.04. The van der Waals surface area contributed by atoms with Crippen LogP contribution in [0.3, 0.4) is 0 Å². The summed E-state index contributed by atoms with van der Waals surface area (Å²) in [5.74, 6) is 1.30. The summed E-state index contributed by atoms with van der Waals surface area (Å²) in [6.45, 7) is 0. The lowest BCUT2D eigenvalue weighted by molar-refractivity contribution is 0.354. The van der Waals surface area contributed by atoms with Gasteiger partial charge in [-0.1, -0.05) is 0 Å². The lowest BCUT2D eigenvalue weighted by Gasteiger charge is -2.09. The monoisotopic (exact) mass is 202 g/mol. The molecule has 1 heterocycles. The summed E-state index contributed by atoms with van der Waals surface area (Å²) in [6, 6.07) is 10.9. The lowest BCUT2D eigenvalue weighted by atomic mass is 10.2. The normalized spacial score (nSPS) is 10.0. The van der Waals surface area contributed by atoms with E-state index in [9.17, 15) is 0 Å². The molecule has 1 aromatic carbocycles. The summed E-state index contributed by atoms with van der Waals surface area (Å²) in [5.41, 5.74) is 0.928. The molecule has 0 amide bonds. The third-order valence-electron chi connectivity index (χ3n) is 2.16. The molecular weight excluding hydrogens is 190 g/mol. The number of rotatable bonds is 3. The largest absolute Gasteiger partial charge is 0.493 e. The fourth-order valence-electron chi connectivity index (χ4n) is 1.41. The van der Waals surface area contributed by atoms with Crippen LogP contribution in [0.5, 0.6) is 11.5 Å². The first-order valence-electron chi connectivity index (χ1n) is 4.63. The zero-order valence-corrected chi connectivity index (χ0v) is 8.73. The highest BCUT2D eigenvalue weighted by atomic mass is 16.5. The van der Waals surface area contributed by atoms with Gasteiger partial charge in [0.2, 0.25) is 0 Å². The summed E-state index contributed by atoms with van der Waals surface area (Å²) >= 11 is 0. The van der Waals surface area contributed by atoms with E-state index in [1.165, 1.54) is 0 Å². The van der Waals surface area contributed by atoms with Crippen LogP contribution >= 0.6 is 0 Å². The molecule has 3 heteroatoms. The summed E-state index contributed by atoms with van der Waals surface area (Å²) in [5, 5.41) is 0. The van der Waals surface area contributed by atoms with E-state index in [0.29, 0.717) is 11.5 Å². The number of hydrogen-bond donors (Lipinski definition) is 0. The van der Waals surface area contributed by atoms with Gasteiger partial charge in [0.05, 0.1) is 26.0 Å². The summed E-state index contributed by atoms with van der Waals surface area (Å²) in [6.07, 6.45) is 3.91. The number of ether oxygens (including phenoxy) is 2. The number of hydrogen-bond acceptors (Lipinski definition) is 2. The first-order chi connectivity index (χ1) is 7.35. The number of aromatic nitrogens is 1. The highest BCUT2D eigenvalue weighted by Gasteiger charge is 2.05. The fourth-order valence-corrected chi connectivity index (χ4v) is 1.41. The molecule has 0 atom stereocenters. The molecule has 0 fully saturated rings. The first kappa shape index (κ1) is 9.65. The van der Waals surface area contributed by atoms with Crippen LogP contribution in [0.4, 0.5) is 0 Å². The Hall–Kier alpha value is -1.90. The van der Waals surface area contributed by atoms with Gasteiger partial charge in [-0.3, -0.25) is 0 Å². The van der Waals surface area contributed by atoms with Gasteiger partial charge in [0.25, 0.3) is 0 Å². The smallest absolute Gasteiger partial charge is 0.170 e. The van der Waals surface area contributed by atoms with Crippen molar-refractivity contribution in [1.29, 1.82) is 0 Å². The Labute approximate surface area is 88.9 Å². The maximum absolute atomic E-state index is 5.18. The van der Waals surface area contributed by atoms with Crippen LogP contribution in [0.2, 0.25) is 0 Å². The van der Waals surface area contributed by atoms with E-state index in [1.54, 1.807) is 14.2 Å². The van der Waals surface area contributed by atoms with Crippen LogP contribution in [0, 0.1) is 6.07 Å². The van der Waals surface area contributed by atoms with E-state index in [-0.39, 0.29) is 0 Å². The topological polar surface area (TPSA) is 23.4 Å². The molecule has 0 spiro atoms. The highest BCUT2D eigenvalue weighted by Crippen LogP contribution is 2.28. The van der Waals surface area contributed by atoms with E-state index < -0.39 is 0 Å². The summed E-state index contributed by atoms with van der Waals surface area (Å²) < 4.78 is 12.3. The van der Waals surface area contributed by atoms with Gasteiger partial charge >= 0.3 is 0 Å². The molecule has 2 rings (SSSR count). The van der Waals surface area contributed by atoms with E-state index in [2.05, 4.69) is 6.07 Å². The van der Waals surface area contributed by atoms with Crippen molar-refractivity contribution in [3.63, 3.8) is 0 Å². The Balaban J connectivity index is 2.43. The van der Waals surface area contributed by atoms with E-state index in [1.807, 2.05) is 41.2 Å². The van der Waals surface area contributed by atoms with Crippen LogP contribution < -0.4 is 9.47 Å². The summed E-state index contributed by atoms with van der Waals surface area (Å²) in [7, 11) is 3.22. The minimum Gasteiger partial charge on any atom is -0.493 e. The SMILES string of the molecule is COc1[c]c(-n2cccc2)ccc1OC. The Morgan fingerprint density at radius 1 is 1.07 bits per heavy atom. The maximum Gasteiger partial charge on any atom is 0.170 e. The van der Waals surface area contributed by atoms with E-state index in [4.69, 9.17) is 9.47 Å². The molecule has 15 heavy (non-hydrogen) atoms. The predicted octanol–water partition coefficient (Wildman–Crippen LogP) is 2.29. The molecule has 0 aliphatic carbocycles. The molecule has 1 aromatic heterocycles. The molecule has 2 aromatic rings. The zero-order valence-electron chi connectivity index (χ0n) is 8.73. The van der Waals surface area contributed by atoms with Crippen molar-refractivity contribution in [2.45, 2.75) is 0 Å². The number of benzene rings is 1. The van der Waals surface area contributed by atoms with Crippen LogP contribution in [-0.2, 0) is 0 Å². The van der Waals surface area contributed by atoms with Crippen molar-refractivity contribution in [2.24, 2.45) is 0 Å². The van der Waals surface area contributed by atoms with Gasteiger partial charge in [0, 0.05) is 12.4 Å². The maximum atomic E-state index is 5.18. The molecule has 0 aliphatic heterocycles. The minimum absolute atomic E-state index is 0.615. The summed E-state index contributed by atoms with van der Waals surface area (Å²) in [4.78, 5) is 0. The fraction of sp³-hybridized carbons (Fsp3) is 0.167. The molecule has 0 saturated carbocycles. The van der Waals surface area contributed by atoms with Gasteiger partial charge in [-0.25, -0.2) is 0 Å². The molecule has 0 aliphatic rings. The quantitative estimate of drug-likeness (QED) is 0.762. The van der Waals surface area contributed by atoms with Crippen molar-refractivity contribution in [1.82, 2.24) is 4.57 Å². The van der Waals surface area contributed by atoms with Gasteiger partial charge in [-0.05, 0) is 24.3 Å². The van der Waals surface area contributed by atoms with Gasteiger partial charge < -0.3 is 14.0 Å². The number of nitrogens with zero attached hydrogens (tertiary/aromatic N) is 1. The Morgan fingerprint density at radius 2 is 1.80 bits per heavy atom. The standard InChI is InChI=1S/C12H12NO2/c1-14-11-6-5-10(9-12(11)15-2)13-7-3-4-8-13/h3-8H,1-2H3. The molecule has 1 radical (unpaired) electrons. The molecule has 0 N–H and O–H groups in total. The van der Waals surface area contributed by atoms with Crippen LogP contribution in [0.25, 0.3) is 5.69 Å². The van der Waals surface area contributed by atoms with Crippen LogP contribution in [-0.4, -0.2) is 18.8 Å². The van der Waals surface area contributed by atoms with Gasteiger partial charge in [0.1, 0.15) is 0 Å². The zero-order chi connectivity index (χ0) is 10.7. The second-order valence-electron chi connectivity index (χ2n) is 3.04. The van der Waals surface area contributed by atoms with Crippen molar-refractivity contribution in [3.05, 3.63) is 42.7 Å². The average molecular weight is 202 g/mol. The third kappa shape index (κ3) is 1.81.